The Bertz CT molecular complexity index is 1040. The average molecular weight is 397 g/mol. The lowest BCUT2D eigenvalue weighted by Gasteiger charge is -2.18. The van der Waals surface area contributed by atoms with Gasteiger partial charge >= 0.3 is 0 Å². The fourth-order valence-corrected chi connectivity index (χ4v) is 4.97. The highest BCUT2D eigenvalue weighted by atomic mass is 32.2. The normalized spacial score (nSPS) is 12.5. The quantitative estimate of drug-likeness (QED) is 0.658. The number of carbonyl (C=O) groups is 1. The molecular weight excluding hydrogens is 374 g/mol. The molecule has 1 amide bonds. The lowest BCUT2D eigenvalue weighted by Crippen LogP contribution is -2.33. The molecule has 0 unspecified atom stereocenters. The van der Waals surface area contributed by atoms with E-state index in [0.29, 0.717) is 11.3 Å². The molecule has 1 atom stereocenters. The first-order valence-electron chi connectivity index (χ1n) is 9.03. The minimum absolute atomic E-state index is 0.0606. The van der Waals surface area contributed by atoms with Gasteiger partial charge in [0.2, 0.25) is 5.91 Å². The number of carbonyl (C=O) groups excluding carboxylic acids is 1. The number of nitrogens with one attached hydrogen (secondary N) is 1. The van der Waals surface area contributed by atoms with Gasteiger partial charge in [-0.15, -0.1) is 0 Å². The van der Waals surface area contributed by atoms with Crippen molar-refractivity contribution in [1.82, 2.24) is 5.32 Å². The van der Waals surface area contributed by atoms with Crippen LogP contribution in [0.5, 0.6) is 0 Å². The first kappa shape index (κ1) is 19.9. The van der Waals surface area contributed by atoms with Crippen LogP contribution in [0.2, 0.25) is 0 Å². The third-order valence-electron chi connectivity index (χ3n) is 4.58. The van der Waals surface area contributed by atoms with E-state index in [1.165, 1.54) is 6.26 Å². The van der Waals surface area contributed by atoms with Gasteiger partial charge in [0.15, 0.2) is 9.84 Å². The van der Waals surface area contributed by atoms with Crippen LogP contribution in [0, 0.1) is 13.8 Å². The van der Waals surface area contributed by atoms with E-state index in [-0.39, 0.29) is 23.8 Å². The standard InChI is InChI=1S/C22H23NO4S/c1-16-10-11-17(2)20(13-16)28(25,26)21(19-9-6-12-27-19)15-23-22(24)14-18-7-4-3-5-8-18/h3-13,21H,14-15H2,1-2H3,(H,23,24)/t21-/m0/s1. The second-order valence-corrected chi connectivity index (χ2v) is 8.88. The molecule has 1 aromatic heterocycles. The van der Waals surface area contributed by atoms with E-state index in [4.69, 9.17) is 4.42 Å². The fourth-order valence-electron chi connectivity index (χ4n) is 3.06. The molecule has 3 rings (SSSR count). The molecule has 0 aliphatic rings. The number of furan rings is 1. The van der Waals surface area contributed by atoms with Crippen molar-refractivity contribution < 1.29 is 17.6 Å². The molecule has 146 valence electrons. The van der Waals surface area contributed by atoms with Crippen LogP contribution in [0.4, 0.5) is 0 Å². The van der Waals surface area contributed by atoms with Crippen molar-refractivity contribution in [3.8, 4) is 0 Å². The maximum Gasteiger partial charge on any atom is 0.224 e. The highest BCUT2D eigenvalue weighted by Crippen LogP contribution is 2.31. The van der Waals surface area contributed by atoms with Gasteiger partial charge in [0, 0.05) is 6.54 Å². The van der Waals surface area contributed by atoms with Gasteiger partial charge in [-0.1, -0.05) is 42.5 Å². The zero-order chi connectivity index (χ0) is 20.1. The Morgan fingerprint density at radius 2 is 1.79 bits per heavy atom. The molecule has 3 aromatic rings. The number of benzene rings is 2. The van der Waals surface area contributed by atoms with E-state index in [1.54, 1.807) is 31.2 Å². The molecule has 2 aromatic carbocycles. The Kier molecular flexibility index (Phi) is 5.99. The molecule has 0 saturated carbocycles. The highest BCUT2D eigenvalue weighted by Gasteiger charge is 2.33. The Morgan fingerprint density at radius 3 is 2.46 bits per heavy atom. The van der Waals surface area contributed by atoms with Gasteiger partial charge in [-0.25, -0.2) is 8.42 Å². The van der Waals surface area contributed by atoms with Gasteiger partial charge in [0.05, 0.1) is 17.6 Å². The summed E-state index contributed by atoms with van der Waals surface area (Å²) in [5.74, 6) is 0.0693. The first-order valence-corrected chi connectivity index (χ1v) is 10.6. The molecule has 1 heterocycles. The van der Waals surface area contributed by atoms with Gasteiger partial charge < -0.3 is 9.73 Å². The topological polar surface area (TPSA) is 76.4 Å². The Morgan fingerprint density at radius 1 is 1.04 bits per heavy atom. The second-order valence-electron chi connectivity index (χ2n) is 6.78. The third-order valence-corrected chi connectivity index (χ3v) is 6.78. The van der Waals surface area contributed by atoms with Crippen molar-refractivity contribution in [3.05, 3.63) is 89.4 Å². The minimum atomic E-state index is -3.75. The van der Waals surface area contributed by atoms with Gasteiger partial charge in [0.25, 0.3) is 0 Å². The van der Waals surface area contributed by atoms with Crippen LogP contribution >= 0.6 is 0 Å². The number of sulfone groups is 1. The zero-order valence-corrected chi connectivity index (χ0v) is 16.7. The number of amides is 1. The Balaban J connectivity index is 1.84. The summed E-state index contributed by atoms with van der Waals surface area (Å²) in [6.45, 7) is 3.55. The predicted molar refractivity (Wildman–Crippen MR) is 108 cm³/mol. The van der Waals surface area contributed by atoms with Crippen LogP contribution in [0.25, 0.3) is 0 Å². The third kappa shape index (κ3) is 4.51. The van der Waals surface area contributed by atoms with Crippen molar-refractivity contribution in [1.29, 1.82) is 0 Å². The first-order chi connectivity index (χ1) is 13.4. The van der Waals surface area contributed by atoms with E-state index in [1.807, 2.05) is 43.3 Å². The molecule has 0 aliphatic heterocycles. The molecule has 0 aliphatic carbocycles. The van der Waals surface area contributed by atoms with Crippen molar-refractivity contribution in [2.24, 2.45) is 0 Å². The van der Waals surface area contributed by atoms with E-state index in [0.717, 1.165) is 11.1 Å². The monoisotopic (exact) mass is 397 g/mol. The second kappa shape index (κ2) is 8.44. The van der Waals surface area contributed by atoms with Gasteiger partial charge in [-0.3, -0.25) is 4.79 Å². The summed E-state index contributed by atoms with van der Waals surface area (Å²) in [6, 6.07) is 17.9. The smallest absolute Gasteiger partial charge is 0.224 e. The molecule has 0 fully saturated rings. The van der Waals surface area contributed by atoms with Crippen LogP contribution in [0.3, 0.4) is 0 Å². The number of rotatable bonds is 7. The molecule has 1 N–H and O–H groups in total. The molecular formula is C22H23NO4S. The van der Waals surface area contributed by atoms with Crippen LogP contribution in [-0.4, -0.2) is 20.9 Å². The summed E-state index contributed by atoms with van der Waals surface area (Å²) in [5, 5.41) is 1.75. The molecule has 6 heteroatoms. The van der Waals surface area contributed by atoms with E-state index >= 15 is 0 Å². The summed E-state index contributed by atoms with van der Waals surface area (Å²) < 4.78 is 32.1. The lowest BCUT2D eigenvalue weighted by molar-refractivity contribution is -0.120. The summed E-state index contributed by atoms with van der Waals surface area (Å²) in [5.41, 5.74) is 2.39. The van der Waals surface area contributed by atoms with Crippen LogP contribution < -0.4 is 5.32 Å². The maximum absolute atomic E-state index is 13.4. The van der Waals surface area contributed by atoms with Crippen molar-refractivity contribution in [3.63, 3.8) is 0 Å². The summed E-state index contributed by atoms with van der Waals surface area (Å²) in [6.07, 6.45) is 1.63. The van der Waals surface area contributed by atoms with E-state index in [9.17, 15) is 13.2 Å². The summed E-state index contributed by atoms with van der Waals surface area (Å²) >= 11 is 0. The molecule has 0 bridgehead atoms. The Labute approximate surface area is 165 Å². The molecule has 0 spiro atoms. The average Bonchev–Trinajstić information content (AvgIpc) is 3.18. The molecule has 5 nitrogen and oxygen atoms in total. The van der Waals surface area contributed by atoms with E-state index < -0.39 is 15.1 Å². The van der Waals surface area contributed by atoms with Gasteiger partial charge in [-0.05, 0) is 48.7 Å². The van der Waals surface area contributed by atoms with Crippen LogP contribution in [0.1, 0.15) is 27.7 Å². The number of hydrogen-bond acceptors (Lipinski definition) is 4. The van der Waals surface area contributed by atoms with Crippen LogP contribution in [0.15, 0.2) is 76.2 Å². The molecule has 0 saturated heterocycles. The summed E-state index contributed by atoms with van der Waals surface area (Å²) in [7, 11) is -3.75. The SMILES string of the molecule is Cc1ccc(C)c(S(=O)(=O)[C@@H](CNC(=O)Cc2ccccc2)c2ccco2)c1. The van der Waals surface area contributed by atoms with Crippen molar-refractivity contribution in [2.75, 3.05) is 6.54 Å². The van der Waals surface area contributed by atoms with Crippen LogP contribution in [-0.2, 0) is 21.1 Å². The number of aryl methyl sites for hydroxylation is 2. The van der Waals surface area contributed by atoms with Gasteiger partial charge in [0.1, 0.15) is 11.0 Å². The lowest BCUT2D eigenvalue weighted by atomic mass is 10.1. The number of hydrogen-bond donors (Lipinski definition) is 1. The molecule has 0 radical (unpaired) electrons. The van der Waals surface area contributed by atoms with Crippen molar-refractivity contribution >= 4 is 15.7 Å². The zero-order valence-electron chi connectivity index (χ0n) is 15.9. The molecule has 28 heavy (non-hydrogen) atoms. The van der Waals surface area contributed by atoms with Crippen molar-refractivity contribution in [2.45, 2.75) is 30.4 Å². The fraction of sp³-hybridized carbons (Fsp3) is 0.227. The minimum Gasteiger partial charge on any atom is -0.468 e. The largest absolute Gasteiger partial charge is 0.468 e. The highest BCUT2D eigenvalue weighted by molar-refractivity contribution is 7.91. The van der Waals surface area contributed by atoms with Gasteiger partial charge in [-0.2, -0.15) is 0 Å². The predicted octanol–water partition coefficient (Wildman–Crippen LogP) is 3.77. The van der Waals surface area contributed by atoms with E-state index in [2.05, 4.69) is 5.32 Å². The summed E-state index contributed by atoms with van der Waals surface area (Å²) in [4.78, 5) is 12.6. The maximum atomic E-state index is 13.4. The Hall–Kier alpha value is -2.86.